The van der Waals surface area contributed by atoms with E-state index in [1.54, 1.807) is 25.3 Å². The monoisotopic (exact) mass is 283 g/mol. The number of likely N-dealkylation sites (N-methyl/N-ethyl adjacent to an activating group) is 1. The number of nitrogens with one attached hydrogen (secondary N) is 1. The van der Waals surface area contributed by atoms with Crippen molar-refractivity contribution in [3.05, 3.63) is 48.4 Å². The van der Waals surface area contributed by atoms with Gasteiger partial charge in [-0.2, -0.15) is 0 Å². The Morgan fingerprint density at radius 1 is 1.35 bits per heavy atom. The van der Waals surface area contributed by atoms with E-state index in [0.29, 0.717) is 11.5 Å². The first kappa shape index (κ1) is 23.1. The number of hydrogen-bond acceptors (Lipinski definition) is 3. The summed E-state index contributed by atoms with van der Waals surface area (Å²) in [7, 11) is 1.70. The van der Waals surface area contributed by atoms with Gasteiger partial charge in [-0.3, -0.25) is 0 Å². The van der Waals surface area contributed by atoms with Crippen LogP contribution in [-0.4, -0.2) is 24.7 Å². The van der Waals surface area contributed by atoms with Crippen LogP contribution in [0.15, 0.2) is 48.4 Å². The maximum atomic E-state index is 10.6. The summed E-state index contributed by atoms with van der Waals surface area (Å²) in [6, 6.07) is 0. The molecule has 1 heterocycles. The molecular weight excluding hydrogens is 254 g/mol. The van der Waals surface area contributed by atoms with Gasteiger partial charge in [-0.1, -0.05) is 40.3 Å². The second-order valence-corrected chi connectivity index (χ2v) is 2.90. The van der Waals surface area contributed by atoms with Crippen molar-refractivity contribution >= 4 is 5.97 Å². The first-order valence-electron chi connectivity index (χ1n) is 6.78. The van der Waals surface area contributed by atoms with E-state index in [4.69, 9.17) is 9.84 Å². The molecule has 1 rings (SSSR count). The number of rotatable bonds is 3. The molecular formula is C16H29NO3. The van der Waals surface area contributed by atoms with Crippen molar-refractivity contribution in [2.45, 2.75) is 34.6 Å². The normalized spacial score (nSPS) is 11.6. The molecule has 0 saturated heterocycles. The standard InChI is InChI=1S/C9H11NO3.C3H6.2C2H6/c1-3-8-7(10-2)4-6(5-13-8)9(11)12;1-3-2;2*1-2/h3-4,10H,1,5H2,2H3,(H,11,12);3H,1H2,2H3;2*1-2H3. The average molecular weight is 283 g/mol. The first-order valence-corrected chi connectivity index (χ1v) is 6.78. The summed E-state index contributed by atoms with van der Waals surface area (Å²) in [5, 5.41) is 11.5. The van der Waals surface area contributed by atoms with Crippen LogP contribution < -0.4 is 5.32 Å². The molecule has 2 N–H and O–H groups in total. The number of carboxylic acids is 1. The molecule has 0 saturated carbocycles. The highest BCUT2D eigenvalue weighted by Gasteiger charge is 2.16. The third-order valence-corrected chi connectivity index (χ3v) is 1.70. The molecule has 0 atom stereocenters. The molecule has 1 aliphatic rings. The Balaban J connectivity index is -0.000000355. The SMILES string of the molecule is C=CC.C=CC1=C(NC)C=C(C(=O)O)CO1.CC.CC. The van der Waals surface area contributed by atoms with Crippen LogP contribution in [0.1, 0.15) is 34.6 Å². The van der Waals surface area contributed by atoms with Crippen molar-refractivity contribution in [3.8, 4) is 0 Å². The zero-order chi connectivity index (χ0) is 16.6. The lowest BCUT2D eigenvalue weighted by atomic mass is 10.2. The molecule has 20 heavy (non-hydrogen) atoms. The summed E-state index contributed by atoms with van der Waals surface area (Å²) in [6.07, 6.45) is 4.84. The van der Waals surface area contributed by atoms with Crippen LogP contribution in [0, 0.1) is 0 Å². The summed E-state index contributed by atoms with van der Waals surface area (Å²) in [5.74, 6) is -0.386. The second-order valence-electron chi connectivity index (χ2n) is 2.90. The zero-order valence-corrected chi connectivity index (χ0v) is 13.6. The Morgan fingerprint density at radius 2 is 1.80 bits per heavy atom. The van der Waals surface area contributed by atoms with Crippen molar-refractivity contribution < 1.29 is 14.6 Å². The van der Waals surface area contributed by atoms with Crippen molar-refractivity contribution in [2.24, 2.45) is 0 Å². The molecule has 0 aromatic rings. The fraction of sp³-hybridized carbons (Fsp3) is 0.438. The number of aliphatic carboxylic acids is 1. The maximum absolute atomic E-state index is 10.6. The van der Waals surface area contributed by atoms with E-state index < -0.39 is 5.97 Å². The predicted molar refractivity (Wildman–Crippen MR) is 86.5 cm³/mol. The predicted octanol–water partition coefficient (Wildman–Crippen LogP) is 3.89. The Kier molecular flexibility index (Phi) is 19.7. The van der Waals surface area contributed by atoms with Gasteiger partial charge >= 0.3 is 5.97 Å². The van der Waals surface area contributed by atoms with Gasteiger partial charge in [0, 0.05) is 7.05 Å². The van der Waals surface area contributed by atoms with Gasteiger partial charge < -0.3 is 15.2 Å². The van der Waals surface area contributed by atoms with E-state index in [0.717, 1.165) is 0 Å². The Hall–Kier alpha value is -1.97. The Labute approximate surface area is 123 Å². The highest BCUT2D eigenvalue weighted by molar-refractivity contribution is 5.87. The van der Waals surface area contributed by atoms with Crippen molar-refractivity contribution in [1.29, 1.82) is 0 Å². The maximum Gasteiger partial charge on any atom is 0.335 e. The molecule has 1 aliphatic heterocycles. The molecule has 0 radical (unpaired) electrons. The average Bonchev–Trinajstić information content (AvgIpc) is 2.51. The third kappa shape index (κ3) is 10.00. The Morgan fingerprint density at radius 3 is 2.10 bits per heavy atom. The van der Waals surface area contributed by atoms with E-state index in [9.17, 15) is 4.79 Å². The summed E-state index contributed by atoms with van der Waals surface area (Å²) < 4.78 is 5.15. The lowest BCUT2D eigenvalue weighted by Crippen LogP contribution is -2.18. The van der Waals surface area contributed by atoms with Gasteiger partial charge in [-0.15, -0.1) is 6.58 Å². The van der Waals surface area contributed by atoms with Crippen LogP contribution in [0.4, 0.5) is 0 Å². The van der Waals surface area contributed by atoms with Crippen LogP contribution in [-0.2, 0) is 9.53 Å². The number of ether oxygens (including phenoxy) is 1. The number of allylic oxidation sites excluding steroid dienone is 3. The smallest absolute Gasteiger partial charge is 0.335 e. The quantitative estimate of drug-likeness (QED) is 0.771. The highest BCUT2D eigenvalue weighted by atomic mass is 16.5. The highest BCUT2D eigenvalue weighted by Crippen LogP contribution is 2.16. The molecule has 0 aromatic heterocycles. The van der Waals surface area contributed by atoms with Gasteiger partial charge in [0.15, 0.2) is 0 Å². The van der Waals surface area contributed by atoms with Gasteiger partial charge in [0.05, 0.1) is 11.3 Å². The number of carbonyl (C=O) groups is 1. The number of hydrogen-bond donors (Lipinski definition) is 2. The molecule has 0 unspecified atom stereocenters. The molecule has 0 fully saturated rings. The number of carboxylic acid groups (broad SMARTS) is 1. The molecule has 4 nitrogen and oxygen atoms in total. The van der Waals surface area contributed by atoms with Gasteiger partial charge in [0.25, 0.3) is 0 Å². The minimum Gasteiger partial charge on any atom is -0.486 e. The van der Waals surface area contributed by atoms with Crippen LogP contribution in [0.25, 0.3) is 0 Å². The molecule has 4 heteroatoms. The summed E-state index contributed by atoms with van der Waals surface area (Å²) in [5.41, 5.74) is 0.869. The molecule has 0 aliphatic carbocycles. The molecule has 0 spiro atoms. The second kappa shape index (κ2) is 17.0. The van der Waals surface area contributed by atoms with Gasteiger partial charge in [-0.05, 0) is 19.1 Å². The topological polar surface area (TPSA) is 58.6 Å². The minimum atomic E-state index is -0.962. The van der Waals surface area contributed by atoms with E-state index >= 15 is 0 Å². The van der Waals surface area contributed by atoms with Crippen LogP contribution in [0.5, 0.6) is 0 Å². The van der Waals surface area contributed by atoms with Gasteiger partial charge in [0.2, 0.25) is 0 Å². The van der Waals surface area contributed by atoms with E-state index in [1.807, 2.05) is 34.6 Å². The molecule has 0 amide bonds. The lowest BCUT2D eigenvalue weighted by Gasteiger charge is -2.16. The van der Waals surface area contributed by atoms with E-state index in [1.165, 1.54) is 0 Å². The third-order valence-electron chi connectivity index (χ3n) is 1.70. The van der Waals surface area contributed by atoms with Gasteiger partial charge in [-0.25, -0.2) is 4.79 Å². The first-order chi connectivity index (χ1) is 9.60. The van der Waals surface area contributed by atoms with E-state index in [2.05, 4.69) is 18.5 Å². The fourth-order valence-corrected chi connectivity index (χ4v) is 1.01. The molecule has 0 bridgehead atoms. The van der Waals surface area contributed by atoms with Crippen molar-refractivity contribution in [3.63, 3.8) is 0 Å². The van der Waals surface area contributed by atoms with Crippen molar-refractivity contribution in [2.75, 3.05) is 13.7 Å². The summed E-state index contributed by atoms with van der Waals surface area (Å²) >= 11 is 0. The summed E-state index contributed by atoms with van der Waals surface area (Å²) in [4.78, 5) is 10.6. The lowest BCUT2D eigenvalue weighted by molar-refractivity contribution is -0.133. The van der Waals surface area contributed by atoms with E-state index in [-0.39, 0.29) is 12.2 Å². The van der Waals surface area contributed by atoms with Crippen LogP contribution in [0.2, 0.25) is 0 Å². The van der Waals surface area contributed by atoms with Crippen LogP contribution >= 0.6 is 0 Å². The zero-order valence-electron chi connectivity index (χ0n) is 13.6. The fourth-order valence-electron chi connectivity index (χ4n) is 1.01. The van der Waals surface area contributed by atoms with Crippen molar-refractivity contribution in [1.82, 2.24) is 5.32 Å². The molecule has 116 valence electrons. The van der Waals surface area contributed by atoms with Crippen LogP contribution in [0.3, 0.4) is 0 Å². The summed E-state index contributed by atoms with van der Waals surface area (Å²) in [6.45, 7) is 16.9. The Bertz CT molecular complexity index is 342. The molecule has 0 aromatic carbocycles. The van der Waals surface area contributed by atoms with Gasteiger partial charge in [0.1, 0.15) is 12.4 Å². The largest absolute Gasteiger partial charge is 0.486 e. The minimum absolute atomic E-state index is 0.0852.